The quantitative estimate of drug-likeness (QED) is 0.908. The summed E-state index contributed by atoms with van der Waals surface area (Å²) in [6, 6.07) is 7.78. The Kier molecular flexibility index (Phi) is 3.83. The van der Waals surface area contributed by atoms with Gasteiger partial charge in [-0.15, -0.1) is 0 Å². The van der Waals surface area contributed by atoms with Crippen LogP contribution in [0.3, 0.4) is 0 Å². The predicted octanol–water partition coefficient (Wildman–Crippen LogP) is 3.18. The second-order valence-electron chi connectivity index (χ2n) is 6.65. The van der Waals surface area contributed by atoms with Crippen molar-refractivity contribution in [3.8, 4) is 0 Å². The van der Waals surface area contributed by atoms with Crippen LogP contribution in [0.15, 0.2) is 24.3 Å². The molecule has 0 bridgehead atoms. The Morgan fingerprint density at radius 3 is 2.75 bits per heavy atom. The summed E-state index contributed by atoms with van der Waals surface area (Å²) in [5.74, 6) is 0.770. The van der Waals surface area contributed by atoms with Gasteiger partial charge in [-0.1, -0.05) is 25.1 Å². The fourth-order valence-corrected chi connectivity index (χ4v) is 3.24. The van der Waals surface area contributed by atoms with E-state index in [0.29, 0.717) is 6.04 Å². The Labute approximate surface area is 121 Å². The highest BCUT2D eigenvalue weighted by molar-refractivity contribution is 5.18. The van der Waals surface area contributed by atoms with Crippen LogP contribution in [-0.4, -0.2) is 29.6 Å². The summed E-state index contributed by atoms with van der Waals surface area (Å²) in [6.07, 6.45) is 3.80. The third-order valence-electron chi connectivity index (χ3n) is 5.20. The maximum atomic E-state index is 13.9. The summed E-state index contributed by atoms with van der Waals surface area (Å²) >= 11 is 0. The molecule has 1 heterocycles. The first-order chi connectivity index (χ1) is 9.62. The molecule has 1 aromatic carbocycles. The zero-order valence-corrected chi connectivity index (χ0v) is 12.5. The van der Waals surface area contributed by atoms with Gasteiger partial charge in [-0.3, -0.25) is 4.90 Å². The SMILES string of the molecule is CCC1(C)CNC(C2CC2)CN1Cc1ccccc1F. The average Bonchev–Trinajstić information content (AvgIpc) is 3.28. The molecule has 1 saturated heterocycles. The van der Waals surface area contributed by atoms with E-state index in [0.717, 1.165) is 37.5 Å². The molecule has 1 aliphatic heterocycles. The highest BCUT2D eigenvalue weighted by Crippen LogP contribution is 2.36. The third-order valence-corrected chi connectivity index (χ3v) is 5.20. The lowest BCUT2D eigenvalue weighted by molar-refractivity contribution is 0.0361. The van der Waals surface area contributed by atoms with E-state index < -0.39 is 0 Å². The lowest BCUT2D eigenvalue weighted by Crippen LogP contribution is -2.63. The van der Waals surface area contributed by atoms with Crippen molar-refractivity contribution in [1.82, 2.24) is 10.2 Å². The fraction of sp³-hybridized carbons (Fsp3) is 0.647. The van der Waals surface area contributed by atoms with E-state index in [-0.39, 0.29) is 11.4 Å². The van der Waals surface area contributed by atoms with Gasteiger partial charge in [0.05, 0.1) is 0 Å². The van der Waals surface area contributed by atoms with Gasteiger partial charge < -0.3 is 5.32 Å². The zero-order chi connectivity index (χ0) is 14.2. The summed E-state index contributed by atoms with van der Waals surface area (Å²) in [5, 5.41) is 3.72. The summed E-state index contributed by atoms with van der Waals surface area (Å²) in [6.45, 7) is 7.31. The lowest BCUT2D eigenvalue weighted by atomic mass is 9.90. The van der Waals surface area contributed by atoms with Crippen molar-refractivity contribution in [2.24, 2.45) is 5.92 Å². The number of rotatable bonds is 4. The Morgan fingerprint density at radius 1 is 1.35 bits per heavy atom. The molecule has 3 heteroatoms. The van der Waals surface area contributed by atoms with Crippen LogP contribution >= 0.6 is 0 Å². The van der Waals surface area contributed by atoms with Crippen molar-refractivity contribution in [2.75, 3.05) is 13.1 Å². The molecule has 3 rings (SSSR count). The minimum atomic E-state index is -0.0764. The molecule has 2 atom stereocenters. The van der Waals surface area contributed by atoms with Crippen molar-refractivity contribution in [2.45, 2.75) is 51.2 Å². The standard InChI is InChI=1S/C17H25FN2/c1-3-17(2)12-19-16(13-8-9-13)11-20(17)10-14-6-4-5-7-15(14)18/h4-7,13,16,19H,3,8-12H2,1-2H3. The zero-order valence-electron chi connectivity index (χ0n) is 12.5. The summed E-state index contributed by atoms with van der Waals surface area (Å²) in [5.41, 5.74) is 0.955. The predicted molar refractivity (Wildman–Crippen MR) is 80.0 cm³/mol. The molecule has 110 valence electrons. The molecule has 0 spiro atoms. The van der Waals surface area contributed by atoms with Gasteiger partial charge in [0.25, 0.3) is 0 Å². The van der Waals surface area contributed by atoms with E-state index in [1.165, 1.54) is 12.8 Å². The lowest BCUT2D eigenvalue weighted by Gasteiger charge is -2.48. The molecule has 20 heavy (non-hydrogen) atoms. The van der Waals surface area contributed by atoms with Gasteiger partial charge in [0.2, 0.25) is 0 Å². The smallest absolute Gasteiger partial charge is 0.127 e. The minimum Gasteiger partial charge on any atom is -0.311 e. The monoisotopic (exact) mass is 276 g/mol. The summed E-state index contributed by atoms with van der Waals surface area (Å²) in [4.78, 5) is 2.49. The Morgan fingerprint density at radius 2 is 2.10 bits per heavy atom. The fourth-order valence-electron chi connectivity index (χ4n) is 3.24. The second-order valence-corrected chi connectivity index (χ2v) is 6.65. The molecule has 2 aliphatic rings. The van der Waals surface area contributed by atoms with E-state index in [1.807, 2.05) is 12.1 Å². The number of nitrogens with zero attached hydrogens (tertiary/aromatic N) is 1. The average molecular weight is 276 g/mol. The molecule has 2 unspecified atom stereocenters. The normalized spacial score (nSPS) is 31.4. The van der Waals surface area contributed by atoms with E-state index in [1.54, 1.807) is 12.1 Å². The van der Waals surface area contributed by atoms with Crippen LogP contribution in [0.4, 0.5) is 4.39 Å². The van der Waals surface area contributed by atoms with Gasteiger partial charge >= 0.3 is 0 Å². The van der Waals surface area contributed by atoms with E-state index >= 15 is 0 Å². The van der Waals surface area contributed by atoms with Crippen molar-refractivity contribution in [3.63, 3.8) is 0 Å². The maximum absolute atomic E-state index is 13.9. The van der Waals surface area contributed by atoms with Crippen LogP contribution in [-0.2, 0) is 6.54 Å². The van der Waals surface area contributed by atoms with Gasteiger partial charge in [-0.25, -0.2) is 4.39 Å². The van der Waals surface area contributed by atoms with E-state index in [2.05, 4.69) is 24.1 Å². The molecule has 0 radical (unpaired) electrons. The van der Waals surface area contributed by atoms with E-state index in [9.17, 15) is 4.39 Å². The van der Waals surface area contributed by atoms with Crippen molar-refractivity contribution >= 4 is 0 Å². The van der Waals surface area contributed by atoms with Crippen LogP contribution in [0.2, 0.25) is 0 Å². The molecule has 1 aromatic rings. The van der Waals surface area contributed by atoms with Gasteiger partial charge in [-0.2, -0.15) is 0 Å². The molecule has 0 aromatic heterocycles. The molecule has 1 N–H and O–H groups in total. The summed E-state index contributed by atoms with van der Waals surface area (Å²) < 4.78 is 13.9. The molecular formula is C17H25FN2. The molecule has 1 aliphatic carbocycles. The van der Waals surface area contributed by atoms with Crippen LogP contribution in [0.1, 0.15) is 38.7 Å². The van der Waals surface area contributed by atoms with Gasteiger partial charge in [0, 0.05) is 36.8 Å². The molecule has 0 amide bonds. The summed E-state index contributed by atoms with van der Waals surface area (Å²) in [7, 11) is 0. The highest BCUT2D eigenvalue weighted by Gasteiger charge is 2.41. The number of hydrogen-bond donors (Lipinski definition) is 1. The van der Waals surface area contributed by atoms with Crippen molar-refractivity contribution < 1.29 is 4.39 Å². The largest absolute Gasteiger partial charge is 0.311 e. The van der Waals surface area contributed by atoms with Gasteiger partial charge in [0.15, 0.2) is 0 Å². The van der Waals surface area contributed by atoms with Crippen LogP contribution in [0, 0.1) is 11.7 Å². The van der Waals surface area contributed by atoms with Crippen molar-refractivity contribution in [3.05, 3.63) is 35.6 Å². The van der Waals surface area contributed by atoms with Gasteiger partial charge in [-0.05, 0) is 38.2 Å². The Balaban J connectivity index is 1.77. The molecular weight excluding hydrogens is 251 g/mol. The van der Waals surface area contributed by atoms with Crippen LogP contribution < -0.4 is 5.32 Å². The highest BCUT2D eigenvalue weighted by atomic mass is 19.1. The first-order valence-corrected chi connectivity index (χ1v) is 7.84. The van der Waals surface area contributed by atoms with Crippen LogP contribution in [0.5, 0.6) is 0 Å². The van der Waals surface area contributed by atoms with Crippen molar-refractivity contribution in [1.29, 1.82) is 0 Å². The first kappa shape index (κ1) is 14.0. The minimum absolute atomic E-state index is 0.0764. The number of benzene rings is 1. The Hall–Kier alpha value is -0.930. The molecule has 1 saturated carbocycles. The third kappa shape index (κ3) is 2.75. The topological polar surface area (TPSA) is 15.3 Å². The maximum Gasteiger partial charge on any atom is 0.127 e. The number of halogens is 1. The van der Waals surface area contributed by atoms with E-state index in [4.69, 9.17) is 0 Å². The first-order valence-electron chi connectivity index (χ1n) is 7.84. The van der Waals surface area contributed by atoms with Gasteiger partial charge in [0.1, 0.15) is 5.82 Å². The number of piperazine rings is 1. The molecule has 2 fully saturated rings. The van der Waals surface area contributed by atoms with Crippen LogP contribution in [0.25, 0.3) is 0 Å². The Bertz CT molecular complexity index is 472. The molecule has 2 nitrogen and oxygen atoms in total. The second kappa shape index (κ2) is 5.45. The number of nitrogens with one attached hydrogen (secondary N) is 1. The number of hydrogen-bond acceptors (Lipinski definition) is 2.